The fourth-order valence-corrected chi connectivity index (χ4v) is 2.70. The van der Waals surface area contributed by atoms with Crippen molar-refractivity contribution in [1.29, 1.82) is 0 Å². The van der Waals surface area contributed by atoms with Crippen LogP contribution in [0.25, 0.3) is 0 Å². The van der Waals surface area contributed by atoms with Crippen molar-refractivity contribution in [2.45, 2.75) is 6.54 Å². The van der Waals surface area contributed by atoms with Gasteiger partial charge in [-0.25, -0.2) is 0 Å². The van der Waals surface area contributed by atoms with E-state index in [0.717, 1.165) is 11.3 Å². The highest BCUT2D eigenvalue weighted by atomic mass is 127. The number of hydrogen-bond acceptors (Lipinski definition) is 4. The first kappa shape index (κ1) is 17.3. The molecule has 5 nitrogen and oxygen atoms in total. The van der Waals surface area contributed by atoms with Crippen molar-refractivity contribution in [3.63, 3.8) is 0 Å². The predicted octanol–water partition coefficient (Wildman–Crippen LogP) is 3.36. The van der Waals surface area contributed by atoms with Crippen LogP contribution in [-0.4, -0.2) is 24.6 Å². The maximum atomic E-state index is 11.7. The highest BCUT2D eigenvalue weighted by Gasteiger charge is 2.05. The van der Waals surface area contributed by atoms with Crippen LogP contribution in [0.3, 0.4) is 0 Å². The Hall–Kier alpha value is -2.09. The lowest BCUT2D eigenvalue weighted by Crippen LogP contribution is -2.12. The Morgan fingerprint density at radius 1 is 1.09 bits per heavy atom. The monoisotopic (exact) mass is 426 g/mol. The Kier molecular flexibility index (Phi) is 6.40. The number of carbonyl (C=O) groups excluding carboxylic acids is 1. The van der Waals surface area contributed by atoms with Gasteiger partial charge < -0.3 is 18.3 Å². The third-order valence-corrected chi connectivity index (χ3v) is 4.12. The molecular formula is C17H19IN2O3. The van der Waals surface area contributed by atoms with Gasteiger partial charge in [0.2, 0.25) is 0 Å². The van der Waals surface area contributed by atoms with E-state index in [1.165, 1.54) is 0 Å². The minimum Gasteiger partial charge on any atom is -0.493 e. The molecule has 0 saturated carbocycles. The van der Waals surface area contributed by atoms with Crippen molar-refractivity contribution < 1.29 is 14.3 Å². The van der Waals surface area contributed by atoms with Crippen molar-refractivity contribution in [2.24, 2.45) is 0 Å². The van der Waals surface area contributed by atoms with E-state index in [9.17, 15) is 4.79 Å². The van der Waals surface area contributed by atoms with E-state index in [1.807, 2.05) is 42.5 Å². The number of benzene rings is 2. The summed E-state index contributed by atoms with van der Waals surface area (Å²) < 4.78 is 17.0. The van der Waals surface area contributed by atoms with Crippen LogP contribution in [0, 0.1) is 0 Å². The van der Waals surface area contributed by atoms with Gasteiger partial charge in [-0.1, -0.05) is 12.1 Å². The van der Waals surface area contributed by atoms with Gasteiger partial charge >= 0.3 is 0 Å². The molecule has 0 spiro atoms. The average molecular weight is 426 g/mol. The van der Waals surface area contributed by atoms with Crippen molar-refractivity contribution in [3.8, 4) is 11.5 Å². The molecule has 0 heterocycles. The lowest BCUT2D eigenvalue weighted by molar-refractivity contribution is 0.0989. The van der Waals surface area contributed by atoms with Crippen molar-refractivity contribution in [2.75, 3.05) is 19.5 Å². The maximum Gasteiger partial charge on any atom is 0.259 e. The number of carbonyl (C=O) groups is 1. The highest BCUT2D eigenvalue weighted by Crippen LogP contribution is 2.29. The molecule has 0 bridgehead atoms. The van der Waals surface area contributed by atoms with E-state index >= 15 is 0 Å². The van der Waals surface area contributed by atoms with Crippen LogP contribution in [0.5, 0.6) is 11.5 Å². The van der Waals surface area contributed by atoms with Gasteiger partial charge in [0.05, 0.1) is 14.2 Å². The normalized spacial score (nSPS) is 10.0. The number of nitrogens with one attached hydrogen (secondary N) is 2. The zero-order chi connectivity index (χ0) is 16.7. The van der Waals surface area contributed by atoms with Gasteiger partial charge in [0.15, 0.2) is 11.5 Å². The largest absolute Gasteiger partial charge is 0.493 e. The lowest BCUT2D eigenvalue weighted by atomic mass is 10.1. The third kappa shape index (κ3) is 4.69. The van der Waals surface area contributed by atoms with Crippen molar-refractivity contribution in [1.82, 2.24) is 3.53 Å². The fraction of sp³-hybridized carbons (Fsp3) is 0.176. The Morgan fingerprint density at radius 3 is 2.39 bits per heavy atom. The summed E-state index contributed by atoms with van der Waals surface area (Å²) >= 11 is -0.498. The number of anilines is 1. The summed E-state index contributed by atoms with van der Waals surface area (Å²) in [4.78, 5) is 11.7. The van der Waals surface area contributed by atoms with E-state index in [4.69, 9.17) is 9.47 Å². The number of halogens is 1. The molecule has 23 heavy (non-hydrogen) atoms. The molecule has 0 aromatic heterocycles. The van der Waals surface area contributed by atoms with Gasteiger partial charge in [0, 0.05) is 23.9 Å². The van der Waals surface area contributed by atoms with Gasteiger partial charge in [-0.15, -0.1) is 0 Å². The number of rotatable bonds is 7. The molecular weight excluding hydrogens is 407 g/mol. The summed E-state index contributed by atoms with van der Waals surface area (Å²) in [6.07, 6.45) is 0. The fourth-order valence-electron chi connectivity index (χ4n) is 2.04. The minimum absolute atomic E-state index is 0.0628. The predicted molar refractivity (Wildman–Crippen MR) is 102 cm³/mol. The molecule has 0 fully saturated rings. The smallest absolute Gasteiger partial charge is 0.259 e. The zero-order valence-electron chi connectivity index (χ0n) is 13.1. The SMILES string of the molecule is C=INC(=O)c1ccc(CNc2ccc(OC)c(OC)c2)cc1. The molecule has 0 aliphatic rings. The summed E-state index contributed by atoms with van der Waals surface area (Å²) in [5.41, 5.74) is 2.68. The summed E-state index contributed by atoms with van der Waals surface area (Å²) in [5.74, 6) is 1.31. The Bertz CT molecular complexity index is 687. The Labute approximate surface area is 146 Å². The molecule has 6 heteroatoms. The van der Waals surface area contributed by atoms with Gasteiger partial charge in [-0.2, -0.15) is 0 Å². The topological polar surface area (TPSA) is 59.6 Å². The molecule has 2 aromatic carbocycles. The highest BCUT2D eigenvalue weighted by molar-refractivity contribution is 14.2. The molecule has 122 valence electrons. The maximum absolute atomic E-state index is 11.7. The van der Waals surface area contributed by atoms with Crippen LogP contribution in [0.4, 0.5) is 5.69 Å². The van der Waals surface area contributed by atoms with Crippen LogP contribution in [0.2, 0.25) is 0 Å². The Morgan fingerprint density at radius 2 is 1.78 bits per heavy atom. The van der Waals surface area contributed by atoms with Crippen molar-refractivity contribution in [3.05, 3.63) is 53.6 Å². The molecule has 0 unspecified atom stereocenters. The van der Waals surface area contributed by atoms with Gasteiger partial charge in [0.1, 0.15) is 0 Å². The van der Waals surface area contributed by atoms with Crippen LogP contribution in [-0.2, 0) is 6.54 Å². The van der Waals surface area contributed by atoms with Crippen LogP contribution >= 0.6 is 21.0 Å². The first-order valence-corrected chi connectivity index (χ1v) is 9.51. The molecule has 0 radical (unpaired) electrons. The van der Waals surface area contributed by atoms with E-state index in [-0.39, 0.29) is 5.91 Å². The average Bonchev–Trinajstić information content (AvgIpc) is 2.60. The standard InChI is InChI=1S/C17H19IN2O3/c1-18-20-17(21)13-6-4-12(5-7-13)11-19-14-8-9-15(22-2)16(10-14)23-3/h4-10,19H,1,11H2,2-3H3,(H,20,21). The van der Waals surface area contributed by atoms with E-state index in [2.05, 4.69) is 13.4 Å². The minimum atomic E-state index is -0.498. The molecule has 0 saturated heterocycles. The van der Waals surface area contributed by atoms with Crippen LogP contribution < -0.4 is 18.3 Å². The summed E-state index contributed by atoms with van der Waals surface area (Å²) in [5, 5.41) is 3.32. The second kappa shape index (κ2) is 8.52. The molecule has 2 rings (SSSR count). The van der Waals surface area contributed by atoms with E-state index in [1.54, 1.807) is 14.2 Å². The van der Waals surface area contributed by atoms with Gasteiger partial charge in [0.25, 0.3) is 5.91 Å². The summed E-state index contributed by atoms with van der Waals surface area (Å²) in [7, 11) is 3.22. The summed E-state index contributed by atoms with van der Waals surface area (Å²) in [6.45, 7) is 0.652. The summed E-state index contributed by atoms with van der Waals surface area (Å²) in [6, 6.07) is 13.2. The van der Waals surface area contributed by atoms with Crippen LogP contribution in [0.15, 0.2) is 42.5 Å². The third-order valence-electron chi connectivity index (χ3n) is 3.25. The first-order valence-electron chi connectivity index (χ1n) is 6.90. The number of ether oxygens (including phenoxy) is 2. The Balaban J connectivity index is 2.00. The van der Waals surface area contributed by atoms with Crippen molar-refractivity contribution >= 4 is 37.1 Å². The molecule has 2 N–H and O–H groups in total. The van der Waals surface area contributed by atoms with E-state index in [0.29, 0.717) is 23.6 Å². The number of amides is 1. The quantitative estimate of drug-likeness (QED) is 0.527. The second-order valence-corrected chi connectivity index (χ2v) is 5.98. The first-order chi connectivity index (χ1) is 11.2. The number of methoxy groups -OCH3 is 2. The molecule has 0 aliphatic heterocycles. The van der Waals surface area contributed by atoms with Crippen LogP contribution in [0.1, 0.15) is 15.9 Å². The lowest BCUT2D eigenvalue weighted by Gasteiger charge is -2.11. The number of hydrogen-bond donors (Lipinski definition) is 2. The molecule has 2 aromatic rings. The second-order valence-electron chi connectivity index (χ2n) is 4.68. The van der Waals surface area contributed by atoms with E-state index < -0.39 is 21.0 Å². The molecule has 0 aliphatic carbocycles. The molecule has 0 atom stereocenters. The van der Waals surface area contributed by atoms with Gasteiger partial charge in [-0.05, 0) is 55.3 Å². The van der Waals surface area contributed by atoms with Gasteiger partial charge in [-0.3, -0.25) is 4.79 Å². The zero-order valence-corrected chi connectivity index (χ0v) is 15.2. The molecule has 1 amide bonds.